The van der Waals surface area contributed by atoms with Gasteiger partial charge in [-0.15, -0.1) is 0 Å². The van der Waals surface area contributed by atoms with Gasteiger partial charge in [0.15, 0.2) is 0 Å². The van der Waals surface area contributed by atoms with E-state index in [1.54, 1.807) is 13.3 Å². The number of hydrogen-bond acceptors (Lipinski definition) is 4. The first-order valence-electron chi connectivity index (χ1n) is 5.36. The molecule has 16 heavy (non-hydrogen) atoms. The molecule has 1 heterocycles. The van der Waals surface area contributed by atoms with Crippen LogP contribution >= 0.6 is 0 Å². The van der Waals surface area contributed by atoms with Crippen molar-refractivity contribution >= 4 is 0 Å². The highest BCUT2D eigenvalue weighted by Gasteiger charge is 2.04. The third-order valence-corrected chi connectivity index (χ3v) is 2.40. The molecule has 0 bridgehead atoms. The zero-order valence-electron chi connectivity index (χ0n) is 9.81. The van der Waals surface area contributed by atoms with Gasteiger partial charge in [-0.05, 0) is 24.2 Å². The summed E-state index contributed by atoms with van der Waals surface area (Å²) in [7, 11) is 1.70. The zero-order valence-corrected chi connectivity index (χ0v) is 9.81. The van der Waals surface area contributed by atoms with Crippen molar-refractivity contribution in [2.24, 2.45) is 0 Å². The van der Waals surface area contributed by atoms with Crippen molar-refractivity contribution < 1.29 is 4.74 Å². The number of aromatic nitrogens is 1. The summed E-state index contributed by atoms with van der Waals surface area (Å²) in [5.41, 5.74) is 1.59. The molecule has 0 aliphatic carbocycles. The predicted molar refractivity (Wildman–Crippen MR) is 61.8 cm³/mol. The van der Waals surface area contributed by atoms with Crippen LogP contribution in [0.3, 0.4) is 0 Å². The van der Waals surface area contributed by atoms with Crippen LogP contribution in [0.15, 0.2) is 18.3 Å². The molecular weight excluding hydrogens is 202 g/mol. The fraction of sp³-hybridized carbons (Fsp3) is 0.500. The lowest BCUT2D eigenvalue weighted by atomic mass is 10.2. The Morgan fingerprint density at radius 2 is 2.38 bits per heavy atom. The Balaban J connectivity index is 2.59. The highest BCUT2D eigenvalue weighted by atomic mass is 16.5. The summed E-state index contributed by atoms with van der Waals surface area (Å²) in [6, 6.07) is 5.82. The first kappa shape index (κ1) is 12.6. The average molecular weight is 219 g/mol. The second-order valence-electron chi connectivity index (χ2n) is 3.52. The molecule has 0 unspecified atom stereocenters. The van der Waals surface area contributed by atoms with Gasteiger partial charge in [-0.2, -0.15) is 5.26 Å². The number of nitriles is 1. The van der Waals surface area contributed by atoms with E-state index in [-0.39, 0.29) is 0 Å². The molecule has 0 radical (unpaired) electrons. The molecule has 4 nitrogen and oxygen atoms in total. The zero-order chi connectivity index (χ0) is 11.8. The number of pyridine rings is 1. The topological polar surface area (TPSA) is 49.1 Å². The molecule has 0 amide bonds. The maximum absolute atomic E-state index is 8.75. The number of nitrogens with zero attached hydrogens (tertiary/aromatic N) is 3. The van der Waals surface area contributed by atoms with Gasteiger partial charge in [-0.1, -0.05) is 6.92 Å². The van der Waals surface area contributed by atoms with Crippen molar-refractivity contribution in [2.45, 2.75) is 13.5 Å². The Bertz CT molecular complexity index is 360. The lowest BCUT2D eigenvalue weighted by molar-refractivity contribution is 0.147. The third-order valence-electron chi connectivity index (χ3n) is 2.40. The minimum Gasteiger partial charge on any atom is -0.383 e. The SMILES string of the molecule is CCN(CCOC)Cc1ccnc(C#N)c1. The van der Waals surface area contributed by atoms with E-state index in [9.17, 15) is 0 Å². The van der Waals surface area contributed by atoms with Crippen LogP contribution in [0, 0.1) is 11.3 Å². The Morgan fingerprint density at radius 3 is 3.00 bits per heavy atom. The van der Waals surface area contributed by atoms with Gasteiger partial charge in [0.25, 0.3) is 0 Å². The Labute approximate surface area is 96.5 Å². The van der Waals surface area contributed by atoms with Crippen LogP contribution in [0.25, 0.3) is 0 Å². The molecule has 0 spiro atoms. The fourth-order valence-corrected chi connectivity index (χ4v) is 1.46. The molecule has 0 saturated carbocycles. The summed E-state index contributed by atoms with van der Waals surface area (Å²) >= 11 is 0. The third kappa shape index (κ3) is 3.97. The molecular formula is C12H17N3O. The van der Waals surface area contributed by atoms with Gasteiger partial charge in [0, 0.05) is 26.4 Å². The van der Waals surface area contributed by atoms with E-state index in [4.69, 9.17) is 10.00 Å². The van der Waals surface area contributed by atoms with Gasteiger partial charge in [0.05, 0.1) is 6.61 Å². The summed E-state index contributed by atoms with van der Waals surface area (Å²) < 4.78 is 5.05. The number of rotatable bonds is 6. The first-order valence-corrected chi connectivity index (χ1v) is 5.36. The lowest BCUT2D eigenvalue weighted by Gasteiger charge is -2.19. The Hall–Kier alpha value is -1.44. The smallest absolute Gasteiger partial charge is 0.140 e. The Morgan fingerprint density at radius 1 is 1.56 bits per heavy atom. The van der Waals surface area contributed by atoms with Crippen molar-refractivity contribution in [3.05, 3.63) is 29.6 Å². The molecule has 4 heteroatoms. The van der Waals surface area contributed by atoms with Crippen molar-refractivity contribution in [2.75, 3.05) is 26.8 Å². The highest BCUT2D eigenvalue weighted by molar-refractivity contribution is 5.25. The molecule has 0 aliphatic rings. The molecule has 86 valence electrons. The fourth-order valence-electron chi connectivity index (χ4n) is 1.46. The van der Waals surface area contributed by atoms with Crippen LogP contribution in [-0.4, -0.2) is 36.7 Å². The molecule has 1 rings (SSSR count). The summed E-state index contributed by atoms with van der Waals surface area (Å²) in [5.74, 6) is 0. The Kier molecular flexibility index (Phi) is 5.48. The van der Waals surface area contributed by atoms with Gasteiger partial charge in [0.2, 0.25) is 0 Å². The monoisotopic (exact) mass is 219 g/mol. The van der Waals surface area contributed by atoms with E-state index in [0.29, 0.717) is 5.69 Å². The largest absolute Gasteiger partial charge is 0.383 e. The van der Waals surface area contributed by atoms with Crippen LogP contribution in [0.5, 0.6) is 0 Å². The summed E-state index contributed by atoms with van der Waals surface area (Å²) in [4.78, 5) is 6.21. The van der Waals surface area contributed by atoms with E-state index < -0.39 is 0 Å². The summed E-state index contributed by atoms with van der Waals surface area (Å²) in [5, 5.41) is 8.75. The number of likely N-dealkylation sites (N-methyl/N-ethyl adjacent to an activating group) is 1. The molecule has 0 aromatic carbocycles. The average Bonchev–Trinajstić information content (AvgIpc) is 2.34. The number of hydrogen-bond donors (Lipinski definition) is 0. The molecule has 0 N–H and O–H groups in total. The number of ether oxygens (including phenoxy) is 1. The molecule has 0 saturated heterocycles. The van der Waals surface area contributed by atoms with Gasteiger partial charge in [0.1, 0.15) is 11.8 Å². The van der Waals surface area contributed by atoms with E-state index >= 15 is 0 Å². The molecule has 0 aliphatic heterocycles. The normalized spacial score (nSPS) is 10.4. The van der Waals surface area contributed by atoms with Gasteiger partial charge in [-0.25, -0.2) is 4.98 Å². The molecule has 0 atom stereocenters. The van der Waals surface area contributed by atoms with E-state index in [1.807, 2.05) is 18.2 Å². The van der Waals surface area contributed by atoms with Crippen LogP contribution in [0.2, 0.25) is 0 Å². The van der Waals surface area contributed by atoms with E-state index in [2.05, 4.69) is 16.8 Å². The van der Waals surface area contributed by atoms with Crippen molar-refractivity contribution in [1.29, 1.82) is 5.26 Å². The van der Waals surface area contributed by atoms with Gasteiger partial charge in [-0.3, -0.25) is 4.90 Å². The maximum Gasteiger partial charge on any atom is 0.140 e. The van der Waals surface area contributed by atoms with Gasteiger partial charge < -0.3 is 4.74 Å². The van der Waals surface area contributed by atoms with E-state index in [0.717, 1.165) is 31.8 Å². The number of methoxy groups -OCH3 is 1. The molecule has 0 fully saturated rings. The highest BCUT2D eigenvalue weighted by Crippen LogP contribution is 2.05. The standard InChI is InChI=1S/C12H17N3O/c1-3-15(6-7-16-2)10-11-4-5-14-12(8-11)9-13/h4-5,8H,3,6-7,10H2,1-2H3. The van der Waals surface area contributed by atoms with Crippen LogP contribution in [-0.2, 0) is 11.3 Å². The van der Waals surface area contributed by atoms with Crippen molar-refractivity contribution in [1.82, 2.24) is 9.88 Å². The second kappa shape index (κ2) is 6.94. The lowest BCUT2D eigenvalue weighted by Crippen LogP contribution is -2.26. The van der Waals surface area contributed by atoms with E-state index in [1.165, 1.54) is 0 Å². The summed E-state index contributed by atoms with van der Waals surface area (Å²) in [6.07, 6.45) is 1.68. The van der Waals surface area contributed by atoms with Crippen LogP contribution < -0.4 is 0 Å². The van der Waals surface area contributed by atoms with Crippen LogP contribution in [0.1, 0.15) is 18.2 Å². The molecule has 1 aromatic rings. The van der Waals surface area contributed by atoms with Gasteiger partial charge >= 0.3 is 0 Å². The minimum absolute atomic E-state index is 0.472. The quantitative estimate of drug-likeness (QED) is 0.726. The van der Waals surface area contributed by atoms with Crippen molar-refractivity contribution in [3.63, 3.8) is 0 Å². The van der Waals surface area contributed by atoms with Crippen molar-refractivity contribution in [3.8, 4) is 6.07 Å². The second-order valence-corrected chi connectivity index (χ2v) is 3.52. The molecule has 1 aromatic heterocycles. The minimum atomic E-state index is 0.472. The predicted octanol–water partition coefficient (Wildman–Crippen LogP) is 1.42. The van der Waals surface area contributed by atoms with Crippen LogP contribution in [0.4, 0.5) is 0 Å². The maximum atomic E-state index is 8.75. The summed E-state index contributed by atoms with van der Waals surface area (Å²) in [6.45, 7) is 5.54. The first-order chi connectivity index (χ1) is 7.80.